The summed E-state index contributed by atoms with van der Waals surface area (Å²) in [6.45, 7) is 0. The van der Waals surface area contributed by atoms with Crippen LogP contribution in [0.1, 0.15) is 0 Å². The highest BCUT2D eigenvalue weighted by atomic mass is 14.9. The fraction of sp³-hybridized carbons (Fsp3) is 0. The molecule has 0 aliphatic rings. The van der Waals surface area contributed by atoms with E-state index in [1.807, 2.05) is 36.9 Å². The van der Waals surface area contributed by atoms with Crippen molar-refractivity contribution < 1.29 is 0 Å². The number of fused-ring (bicyclic) bond motifs is 7. The van der Waals surface area contributed by atoms with Crippen LogP contribution in [0.3, 0.4) is 0 Å². The summed E-state index contributed by atoms with van der Waals surface area (Å²) in [5.41, 5.74) is 23.4. The average molecular weight is 1380 g/mol. The lowest BCUT2D eigenvalue weighted by molar-refractivity contribution is 1.18. The molecule has 6 heteroatoms. The SMILES string of the molecule is c1cc(-c2cc(-c3ccc(-c4cncc5ccccc45)cc3)nc(-c3ccc(-c4cccc5ccccc45)cc3)n2)cc(-c2cc3ccccc3c3ccccc23)c1.c1ccc(-c2cccc(-c3cc(-c4ccc(-c5cncc6ccccc56)cc4)nc(-c4ccc(-c5ccc6ccccc6c5)cc4)n3)c2)cc1. The lowest BCUT2D eigenvalue weighted by Crippen LogP contribution is -1.96. The Morgan fingerprint density at radius 1 is 0.139 bits per heavy atom. The number of pyridine rings is 2. The van der Waals surface area contributed by atoms with Gasteiger partial charge in [0.2, 0.25) is 0 Å². The van der Waals surface area contributed by atoms with Gasteiger partial charge < -0.3 is 0 Å². The minimum Gasteiger partial charge on any atom is -0.263 e. The minimum absolute atomic E-state index is 0.681. The van der Waals surface area contributed by atoms with Crippen LogP contribution in [0.25, 0.3) is 199 Å². The van der Waals surface area contributed by atoms with Crippen LogP contribution in [0.15, 0.2) is 401 Å². The summed E-state index contributed by atoms with van der Waals surface area (Å²) in [4.78, 5) is 29.9. The van der Waals surface area contributed by atoms with Gasteiger partial charge in [0.25, 0.3) is 0 Å². The molecule has 0 saturated heterocycles. The van der Waals surface area contributed by atoms with Crippen LogP contribution in [0.4, 0.5) is 0 Å². The van der Waals surface area contributed by atoms with Crippen molar-refractivity contribution in [1.82, 2.24) is 29.9 Å². The van der Waals surface area contributed by atoms with E-state index in [9.17, 15) is 0 Å². The molecular formula is C102H66N6. The molecule has 6 nitrogen and oxygen atoms in total. The summed E-state index contributed by atoms with van der Waals surface area (Å²) in [5, 5.41) is 14.5. The van der Waals surface area contributed by atoms with Gasteiger partial charge in [-0.15, -0.1) is 0 Å². The maximum Gasteiger partial charge on any atom is 0.160 e. The third-order valence-corrected chi connectivity index (χ3v) is 20.7. The molecule has 20 rings (SSSR count). The number of hydrogen-bond acceptors (Lipinski definition) is 6. The van der Waals surface area contributed by atoms with E-state index in [1.54, 1.807) is 0 Å². The van der Waals surface area contributed by atoms with Gasteiger partial charge in [0, 0.05) is 80.1 Å². The van der Waals surface area contributed by atoms with E-state index >= 15 is 0 Å². The average Bonchev–Trinajstić information content (AvgIpc) is 0.773. The molecule has 0 unspecified atom stereocenters. The normalized spacial score (nSPS) is 11.3. The van der Waals surface area contributed by atoms with Gasteiger partial charge in [0.05, 0.1) is 22.8 Å². The molecule has 0 amide bonds. The molecular weight excluding hydrogens is 1310 g/mol. The lowest BCUT2D eigenvalue weighted by atomic mass is 9.92. The van der Waals surface area contributed by atoms with Gasteiger partial charge in [0.1, 0.15) is 0 Å². The zero-order chi connectivity index (χ0) is 71.7. The Kier molecular flexibility index (Phi) is 16.9. The van der Waals surface area contributed by atoms with E-state index in [0.29, 0.717) is 11.6 Å². The molecule has 4 aromatic heterocycles. The van der Waals surface area contributed by atoms with Crippen molar-refractivity contribution in [2.45, 2.75) is 0 Å². The van der Waals surface area contributed by atoms with Crippen molar-refractivity contribution in [2.24, 2.45) is 0 Å². The summed E-state index contributed by atoms with van der Waals surface area (Å²) < 4.78 is 0. The molecule has 504 valence electrons. The molecule has 0 spiro atoms. The van der Waals surface area contributed by atoms with Crippen LogP contribution >= 0.6 is 0 Å². The molecule has 0 atom stereocenters. The highest BCUT2D eigenvalue weighted by Crippen LogP contribution is 2.41. The Morgan fingerprint density at radius 3 is 1.06 bits per heavy atom. The Bertz CT molecular complexity index is 6620. The minimum atomic E-state index is 0.681. The van der Waals surface area contributed by atoms with Gasteiger partial charge in [-0.3, -0.25) is 9.97 Å². The van der Waals surface area contributed by atoms with Crippen molar-refractivity contribution in [1.29, 1.82) is 0 Å². The Labute approximate surface area is 626 Å². The number of rotatable bonds is 12. The molecule has 0 N–H and O–H groups in total. The van der Waals surface area contributed by atoms with E-state index in [2.05, 4.69) is 374 Å². The first-order chi connectivity index (χ1) is 53.5. The summed E-state index contributed by atoms with van der Waals surface area (Å²) >= 11 is 0. The van der Waals surface area contributed by atoms with Crippen molar-refractivity contribution >= 4 is 64.6 Å². The number of nitrogens with zero attached hydrogens (tertiary/aromatic N) is 6. The summed E-state index contributed by atoms with van der Waals surface area (Å²) in [5.74, 6) is 1.37. The second-order valence-electron chi connectivity index (χ2n) is 27.4. The van der Waals surface area contributed by atoms with Crippen molar-refractivity contribution in [3.63, 3.8) is 0 Å². The van der Waals surface area contributed by atoms with Crippen molar-refractivity contribution in [3.05, 3.63) is 401 Å². The fourth-order valence-corrected chi connectivity index (χ4v) is 15.2. The lowest BCUT2D eigenvalue weighted by Gasteiger charge is -2.14. The quantitative estimate of drug-likeness (QED) is 0.113. The molecule has 0 aliphatic carbocycles. The summed E-state index contributed by atoms with van der Waals surface area (Å²) in [7, 11) is 0. The Hall–Kier alpha value is -14.5. The number of aromatic nitrogens is 6. The molecule has 16 aromatic carbocycles. The zero-order valence-corrected chi connectivity index (χ0v) is 58.8. The van der Waals surface area contributed by atoms with Gasteiger partial charge in [-0.2, -0.15) is 0 Å². The topological polar surface area (TPSA) is 77.3 Å². The van der Waals surface area contributed by atoms with E-state index in [4.69, 9.17) is 19.9 Å². The molecule has 0 bridgehead atoms. The van der Waals surface area contributed by atoms with Crippen LogP contribution in [-0.2, 0) is 0 Å². The smallest absolute Gasteiger partial charge is 0.160 e. The molecule has 20 aromatic rings. The van der Waals surface area contributed by atoms with Gasteiger partial charge >= 0.3 is 0 Å². The first-order valence-corrected chi connectivity index (χ1v) is 36.5. The second kappa shape index (κ2) is 28.3. The fourth-order valence-electron chi connectivity index (χ4n) is 15.2. The first kappa shape index (κ1) is 64.4. The third kappa shape index (κ3) is 12.8. The molecule has 0 aliphatic heterocycles. The van der Waals surface area contributed by atoms with Crippen molar-refractivity contribution in [2.75, 3.05) is 0 Å². The Morgan fingerprint density at radius 2 is 0.491 bits per heavy atom. The van der Waals surface area contributed by atoms with Crippen LogP contribution in [0.5, 0.6) is 0 Å². The highest BCUT2D eigenvalue weighted by molar-refractivity contribution is 6.14. The van der Waals surface area contributed by atoms with Gasteiger partial charge in [-0.1, -0.05) is 340 Å². The predicted molar refractivity (Wildman–Crippen MR) is 450 cm³/mol. The maximum absolute atomic E-state index is 5.28. The highest BCUT2D eigenvalue weighted by Gasteiger charge is 2.18. The molecule has 0 saturated carbocycles. The molecule has 108 heavy (non-hydrogen) atoms. The third-order valence-electron chi connectivity index (χ3n) is 20.7. The monoisotopic (exact) mass is 1370 g/mol. The largest absolute Gasteiger partial charge is 0.263 e. The van der Waals surface area contributed by atoms with Crippen LogP contribution in [0, 0.1) is 0 Å². The van der Waals surface area contributed by atoms with Crippen molar-refractivity contribution in [3.8, 4) is 135 Å². The number of benzene rings is 16. The van der Waals surface area contributed by atoms with Crippen LogP contribution < -0.4 is 0 Å². The molecule has 0 radical (unpaired) electrons. The van der Waals surface area contributed by atoms with Crippen LogP contribution in [-0.4, -0.2) is 29.9 Å². The molecule has 0 fully saturated rings. The van der Waals surface area contributed by atoms with E-state index in [1.165, 1.54) is 76.1 Å². The van der Waals surface area contributed by atoms with E-state index < -0.39 is 0 Å². The zero-order valence-electron chi connectivity index (χ0n) is 58.8. The van der Waals surface area contributed by atoms with E-state index in [-0.39, 0.29) is 0 Å². The summed E-state index contributed by atoms with van der Waals surface area (Å²) in [6, 6.07) is 133. The van der Waals surface area contributed by atoms with Crippen LogP contribution in [0.2, 0.25) is 0 Å². The van der Waals surface area contributed by atoms with Gasteiger partial charge in [0.15, 0.2) is 11.6 Å². The Balaban J connectivity index is 0.000000149. The maximum atomic E-state index is 5.28. The first-order valence-electron chi connectivity index (χ1n) is 36.5. The predicted octanol–water partition coefficient (Wildman–Crippen LogP) is 26.7. The second-order valence-corrected chi connectivity index (χ2v) is 27.4. The molecule has 4 heterocycles. The van der Waals surface area contributed by atoms with Gasteiger partial charge in [-0.05, 0) is 146 Å². The van der Waals surface area contributed by atoms with Gasteiger partial charge in [-0.25, -0.2) is 19.9 Å². The van der Waals surface area contributed by atoms with E-state index in [0.717, 1.165) is 111 Å². The standard InChI is InChI=1S/C55H35N3.C47H31N3/c1-4-17-45-36(11-1)14-10-22-46(45)37-25-29-40(30-26-37)55-57-53(39-27-23-38(24-28-39)52-35-56-34-44-13-3-6-19-48(44)52)33-54(58-55)43-16-9-15-41(31-43)51-32-42-12-2-5-18-47(42)49-20-7-8-21-50(49)51;1-2-9-32(10-3-1)39-14-8-15-41(28-39)46-29-45(36-22-20-35(21-23-36)44-31-48-30-42-13-6-7-16-43(42)44)49-47(50-46)37-24-17-34(18-25-37)40-26-19-33-11-4-5-12-38(33)27-40/h1-35H;1-31H. The summed E-state index contributed by atoms with van der Waals surface area (Å²) in [6.07, 6.45) is 7.73. The number of hydrogen-bond donors (Lipinski definition) is 0.